The van der Waals surface area contributed by atoms with Crippen LogP contribution in [0.3, 0.4) is 0 Å². The van der Waals surface area contributed by atoms with Gasteiger partial charge in [-0.25, -0.2) is 0 Å². The van der Waals surface area contributed by atoms with Crippen LogP contribution >= 0.6 is 0 Å². The number of ketones is 1. The fraction of sp³-hybridized carbons (Fsp3) is 0.918. The molecule has 0 aromatic carbocycles. The van der Waals surface area contributed by atoms with Gasteiger partial charge in [-0.2, -0.15) is 0 Å². The zero-order chi connectivity index (χ0) is 66.7. The van der Waals surface area contributed by atoms with Gasteiger partial charge >= 0.3 is 14.5 Å². The van der Waals surface area contributed by atoms with Crippen molar-refractivity contribution in [2.45, 2.75) is 386 Å². The highest BCUT2D eigenvalue weighted by Gasteiger charge is 2.69. The van der Waals surface area contributed by atoms with Crippen molar-refractivity contribution in [2.24, 2.45) is 23.7 Å². The Kier molecular flexibility index (Phi) is 20.8. The average molecular weight is 1360 g/mol. The van der Waals surface area contributed by atoms with Crippen LogP contribution in [0.2, 0.25) is 28.2 Å². The normalized spacial score (nSPS) is 46.4. The molecule has 1 spiro atoms. The Balaban J connectivity index is 0.698. The van der Waals surface area contributed by atoms with Gasteiger partial charge in [0.15, 0.2) is 14.1 Å². The highest BCUT2D eigenvalue weighted by Crippen LogP contribution is 2.58. The monoisotopic (exact) mass is 1350 g/mol. The molecular formula is C73H118O19Si2. The Hall–Kier alpha value is -1.59. The lowest BCUT2D eigenvalue weighted by Crippen LogP contribution is -2.68. The molecule has 21 heteroatoms. The minimum atomic E-state index is -2.73. The Morgan fingerprint density at radius 3 is 2.07 bits per heavy atom. The first-order valence-electron chi connectivity index (χ1n) is 37.2. The molecule has 4 unspecified atom stereocenters. The smallest absolute Gasteiger partial charge is 0.349 e. The van der Waals surface area contributed by atoms with Crippen LogP contribution in [0.25, 0.3) is 0 Å². The van der Waals surface area contributed by atoms with Crippen LogP contribution in [0.4, 0.5) is 0 Å². The zero-order valence-corrected chi connectivity index (χ0v) is 61.3. The topological polar surface area (TPSA) is 202 Å². The molecule has 14 saturated heterocycles. The van der Waals surface area contributed by atoms with E-state index in [0.717, 1.165) is 74.2 Å². The Labute approximate surface area is 563 Å². The van der Waals surface area contributed by atoms with Gasteiger partial charge in [0.1, 0.15) is 48.5 Å². The number of hydrogen-bond acceptors (Lipinski definition) is 19. The fourth-order valence-corrected chi connectivity index (χ4v) is 28.1. The van der Waals surface area contributed by atoms with Gasteiger partial charge in [0.25, 0.3) is 0 Å². The minimum Gasteiger partial charge on any atom is -0.459 e. The van der Waals surface area contributed by atoms with Crippen LogP contribution in [-0.2, 0) is 84.4 Å². The first-order chi connectivity index (χ1) is 44.6. The summed E-state index contributed by atoms with van der Waals surface area (Å²) in [5.41, 5.74) is 2.11. The largest absolute Gasteiger partial charge is 0.459 e. The molecule has 14 fully saturated rings. The van der Waals surface area contributed by atoms with Gasteiger partial charge in [0, 0.05) is 68.0 Å². The van der Waals surface area contributed by atoms with E-state index in [1.54, 1.807) is 7.11 Å². The number of aliphatic hydroxyl groups is 1. The molecule has 14 rings (SSSR count). The maximum Gasteiger partial charge on any atom is 0.349 e. The van der Waals surface area contributed by atoms with Gasteiger partial charge < -0.3 is 80.0 Å². The number of Topliss-reactive ketones (excluding diaryl/α,β-unsaturated/α-hetero) is 1. The number of aliphatic hydroxyl groups excluding tert-OH is 1. The fourth-order valence-electron chi connectivity index (χ4n) is 20.2. The summed E-state index contributed by atoms with van der Waals surface area (Å²) in [5.74, 6) is -1.45. The van der Waals surface area contributed by atoms with E-state index in [1.165, 1.54) is 0 Å². The summed E-state index contributed by atoms with van der Waals surface area (Å²) in [5, 5.41) is 12.3. The number of esters is 1. The number of carbonyl (C=O) groups is 2. The van der Waals surface area contributed by atoms with E-state index < -0.39 is 95.8 Å². The molecule has 30 atom stereocenters. The van der Waals surface area contributed by atoms with Crippen molar-refractivity contribution in [1.82, 2.24) is 0 Å². The van der Waals surface area contributed by atoms with Crippen molar-refractivity contribution in [3.63, 3.8) is 0 Å². The van der Waals surface area contributed by atoms with Crippen molar-refractivity contribution in [3.05, 3.63) is 24.3 Å². The van der Waals surface area contributed by atoms with Crippen LogP contribution in [-0.4, -0.2) is 206 Å². The standard InChI is InChI=1S/C73H118O19Si2/c1-17-93(18-2,19-3)92-62(40(6)28-48-29-41(7)63-56(81-48)35-55-60(87-63)37-78-94(91-55,71(10,11)12)72(13,14)15)49(75)30-44(74)31-54-53(77-16)34-58-64(85-54)43(9)65-57(83-58)33-52-42(8)38(4)26-45(80-52)20-22-50-39(5)27-47(79-50)24-25-73-36-59-67(89-73)68-69(86-59)70(90-73)66-51(84-68)23-21-46(82-66)32-61(76)88-65/h38,40-41,43,45-60,62-70,75H,5,8,17-37H2,1-4,6-7,9-16H3/t38-,40+,41+,43+,45+,46-,47+,48-,49+,50+,51+,52?,53-,54-,55-,56?,57+,58+,59-,60-,62+,63+,64+,65-,66+,67-,68?,69?,70+,73+/m1/s1. The summed E-state index contributed by atoms with van der Waals surface area (Å²) in [6.45, 7) is 38.5. The molecule has 14 aliphatic rings. The minimum absolute atomic E-state index is 0.000598. The Morgan fingerprint density at radius 1 is 0.670 bits per heavy atom. The number of fused-ring (bicyclic) bond motifs is 9. The number of carbonyl (C=O) groups excluding carboxylic acids is 2. The third kappa shape index (κ3) is 13.6. The van der Waals surface area contributed by atoms with Crippen molar-refractivity contribution in [2.75, 3.05) is 13.7 Å². The second-order valence-electron chi connectivity index (χ2n) is 33.7. The molecule has 0 amide bonds. The molecule has 0 radical (unpaired) electrons. The van der Waals surface area contributed by atoms with Gasteiger partial charge in [-0.05, 0) is 105 Å². The van der Waals surface area contributed by atoms with Crippen molar-refractivity contribution < 1.29 is 89.6 Å². The summed E-state index contributed by atoms with van der Waals surface area (Å²) >= 11 is 0. The number of methoxy groups -OCH3 is 1. The molecular weight excluding hydrogens is 1240 g/mol. The van der Waals surface area contributed by atoms with Gasteiger partial charge in [0.05, 0.1) is 123 Å². The van der Waals surface area contributed by atoms with E-state index in [1.807, 2.05) is 0 Å². The number of hydrogen-bond donors (Lipinski definition) is 1. The maximum absolute atomic E-state index is 14.8. The Bertz CT molecular complexity index is 2680. The van der Waals surface area contributed by atoms with Crippen LogP contribution in [0, 0.1) is 23.7 Å². The molecule has 0 aromatic heterocycles. The lowest BCUT2D eigenvalue weighted by Gasteiger charge is -2.58. The molecule has 94 heavy (non-hydrogen) atoms. The molecule has 0 saturated carbocycles. The van der Waals surface area contributed by atoms with Crippen molar-refractivity contribution in [1.29, 1.82) is 0 Å². The van der Waals surface area contributed by atoms with Crippen molar-refractivity contribution in [3.8, 4) is 0 Å². The van der Waals surface area contributed by atoms with Crippen LogP contribution in [0.5, 0.6) is 0 Å². The second kappa shape index (κ2) is 27.6. The van der Waals surface area contributed by atoms with Crippen LogP contribution in [0.1, 0.15) is 199 Å². The van der Waals surface area contributed by atoms with E-state index >= 15 is 0 Å². The molecule has 0 aliphatic carbocycles. The first kappa shape index (κ1) is 70.8. The zero-order valence-electron chi connectivity index (χ0n) is 59.3. The predicted molar refractivity (Wildman–Crippen MR) is 354 cm³/mol. The lowest BCUT2D eigenvalue weighted by atomic mass is 9.79. The van der Waals surface area contributed by atoms with E-state index in [2.05, 4.69) is 103 Å². The third-order valence-corrected chi connectivity index (χ3v) is 35.1. The summed E-state index contributed by atoms with van der Waals surface area (Å²) in [6, 6.07) is 2.70. The summed E-state index contributed by atoms with van der Waals surface area (Å²) in [6.07, 6.45) is 0.969. The summed E-state index contributed by atoms with van der Waals surface area (Å²) in [7, 11) is -3.38. The van der Waals surface area contributed by atoms with E-state index in [4.69, 9.17) is 74.9 Å². The van der Waals surface area contributed by atoms with Crippen LogP contribution < -0.4 is 0 Å². The van der Waals surface area contributed by atoms with E-state index in [9.17, 15) is 14.7 Å². The van der Waals surface area contributed by atoms with Gasteiger partial charge in [-0.1, -0.05) is 103 Å². The van der Waals surface area contributed by atoms with Gasteiger partial charge in [0.2, 0.25) is 0 Å². The quantitative estimate of drug-likeness (QED) is 0.0976. The highest BCUT2D eigenvalue weighted by molar-refractivity contribution is 6.74. The van der Waals surface area contributed by atoms with E-state index in [-0.39, 0.29) is 144 Å². The number of rotatable bonds is 14. The molecule has 1 N–H and O–H groups in total. The SMILES string of the molecule is C=C1C2C[C@@H]3O[C@H]4C[C@@H](OC)[C@@H](CC(=O)C[C@H](O)[C@@H](O[Si](CC)(CC)CC)[C@@H](C)C[C@@H]5C[C@H](C)[C@@H]6O[C@@H]7CO[Si](C(C)(C)C)(C(C)(C)C)O[C@@H]7CC6O5)O[C@H]4[C@H](C)[C@H]3OC(=O)C[C@H]3CC[C@@H]4OC5C6O[C@@H]7C[C@](CC[C@H]8CC(=C)[C@H](CC[C@@H](C[C@H]1C)O2)O8)(O[C@H]6[C@H]4O3)O[C@@H]57. The number of ether oxygens (including phenoxy) is 13. The second-order valence-corrected chi connectivity index (χ2v) is 43.2. The summed E-state index contributed by atoms with van der Waals surface area (Å²) < 4.78 is 111. The predicted octanol–water partition coefficient (Wildman–Crippen LogP) is 11.4. The maximum atomic E-state index is 14.8. The summed E-state index contributed by atoms with van der Waals surface area (Å²) in [4.78, 5) is 29.5. The van der Waals surface area contributed by atoms with Gasteiger partial charge in [-0.15, -0.1) is 0 Å². The van der Waals surface area contributed by atoms with Crippen LogP contribution in [0.15, 0.2) is 24.3 Å². The highest BCUT2D eigenvalue weighted by atomic mass is 28.4. The molecule has 14 heterocycles. The molecule has 0 aromatic rings. The van der Waals surface area contributed by atoms with E-state index in [0.29, 0.717) is 51.6 Å². The average Bonchev–Trinajstić information content (AvgIpc) is 1.49. The molecule has 14 aliphatic heterocycles. The molecule has 532 valence electrons. The lowest BCUT2D eigenvalue weighted by molar-refractivity contribution is -0.293. The Morgan fingerprint density at radius 2 is 1.34 bits per heavy atom. The first-order valence-corrected chi connectivity index (χ1v) is 41.5. The van der Waals surface area contributed by atoms with Crippen molar-refractivity contribution >= 4 is 28.6 Å². The molecule has 19 nitrogen and oxygen atoms in total. The third-order valence-electron chi connectivity index (χ3n) is 25.3. The van der Waals surface area contributed by atoms with Gasteiger partial charge in [-0.3, -0.25) is 9.59 Å². The molecule has 12 bridgehead atoms.